The molecular formula is C25H24FNO2. The van der Waals surface area contributed by atoms with E-state index in [2.05, 4.69) is 24.3 Å². The van der Waals surface area contributed by atoms with Gasteiger partial charge in [-0.3, -0.25) is 9.69 Å². The molecule has 0 aliphatic heterocycles. The summed E-state index contributed by atoms with van der Waals surface area (Å²) < 4.78 is 13.5. The van der Waals surface area contributed by atoms with Gasteiger partial charge in [-0.25, -0.2) is 4.39 Å². The average molecular weight is 389 g/mol. The molecule has 0 aliphatic rings. The Morgan fingerprint density at radius 1 is 0.828 bits per heavy atom. The monoisotopic (exact) mass is 389 g/mol. The van der Waals surface area contributed by atoms with Gasteiger partial charge in [0.1, 0.15) is 5.82 Å². The van der Waals surface area contributed by atoms with Crippen molar-refractivity contribution in [3.05, 3.63) is 107 Å². The zero-order valence-electron chi connectivity index (χ0n) is 16.2. The molecule has 3 nitrogen and oxygen atoms in total. The van der Waals surface area contributed by atoms with Crippen LogP contribution in [0.2, 0.25) is 0 Å². The number of aliphatic carboxylic acids is 1. The van der Waals surface area contributed by atoms with E-state index >= 15 is 0 Å². The molecule has 0 saturated heterocycles. The molecule has 0 amide bonds. The van der Waals surface area contributed by atoms with E-state index in [-0.39, 0.29) is 12.2 Å². The van der Waals surface area contributed by atoms with Gasteiger partial charge in [0.05, 0.1) is 6.42 Å². The molecule has 1 N–H and O–H groups in total. The number of carboxylic acids is 1. The fourth-order valence-electron chi connectivity index (χ4n) is 3.11. The van der Waals surface area contributed by atoms with Crippen molar-refractivity contribution in [3.8, 4) is 0 Å². The molecule has 0 heterocycles. The van der Waals surface area contributed by atoms with Gasteiger partial charge in [-0.05, 0) is 34.4 Å². The molecule has 0 atom stereocenters. The SMILES string of the molecule is O=C(O)CCN(Cc1ccc(/C=C/c2ccccc2)cc1)Cc1cccc(F)c1. The van der Waals surface area contributed by atoms with Crippen LogP contribution in [-0.2, 0) is 17.9 Å². The molecule has 0 radical (unpaired) electrons. The summed E-state index contributed by atoms with van der Waals surface area (Å²) in [4.78, 5) is 13.0. The van der Waals surface area contributed by atoms with Crippen LogP contribution < -0.4 is 0 Å². The van der Waals surface area contributed by atoms with E-state index in [9.17, 15) is 9.18 Å². The first-order chi connectivity index (χ1) is 14.1. The van der Waals surface area contributed by atoms with Gasteiger partial charge in [0.2, 0.25) is 0 Å². The molecule has 0 unspecified atom stereocenters. The fraction of sp³-hybridized carbons (Fsp3) is 0.160. The Bertz CT molecular complexity index is 952. The lowest BCUT2D eigenvalue weighted by Crippen LogP contribution is -2.25. The first-order valence-electron chi connectivity index (χ1n) is 9.59. The van der Waals surface area contributed by atoms with Crippen molar-refractivity contribution in [3.63, 3.8) is 0 Å². The second-order valence-electron chi connectivity index (χ2n) is 6.97. The Morgan fingerprint density at radius 3 is 2.14 bits per heavy atom. The summed E-state index contributed by atoms with van der Waals surface area (Å²) in [6.07, 6.45) is 4.18. The summed E-state index contributed by atoms with van der Waals surface area (Å²) in [5.41, 5.74) is 4.16. The van der Waals surface area contributed by atoms with E-state index in [0.717, 1.165) is 22.3 Å². The van der Waals surface area contributed by atoms with Gasteiger partial charge >= 0.3 is 5.97 Å². The maximum atomic E-state index is 13.5. The van der Waals surface area contributed by atoms with Crippen molar-refractivity contribution in [2.24, 2.45) is 0 Å². The summed E-state index contributed by atoms with van der Waals surface area (Å²) in [6.45, 7) is 1.51. The van der Waals surface area contributed by atoms with Crippen molar-refractivity contribution >= 4 is 18.1 Å². The number of carbonyl (C=O) groups is 1. The van der Waals surface area contributed by atoms with E-state index < -0.39 is 5.97 Å². The summed E-state index contributed by atoms with van der Waals surface area (Å²) in [6, 6.07) is 24.7. The van der Waals surface area contributed by atoms with Gasteiger partial charge in [0.25, 0.3) is 0 Å². The topological polar surface area (TPSA) is 40.5 Å². The molecule has 0 saturated carbocycles. The second kappa shape index (κ2) is 10.3. The third-order valence-corrected chi connectivity index (χ3v) is 4.59. The Balaban J connectivity index is 1.66. The van der Waals surface area contributed by atoms with Crippen LogP contribution in [0.5, 0.6) is 0 Å². The highest BCUT2D eigenvalue weighted by atomic mass is 19.1. The summed E-state index contributed by atoms with van der Waals surface area (Å²) in [7, 11) is 0. The third kappa shape index (κ3) is 7.01. The molecule has 3 rings (SSSR count). The van der Waals surface area contributed by atoms with Crippen LogP contribution in [0.15, 0.2) is 78.9 Å². The molecule has 3 aromatic carbocycles. The smallest absolute Gasteiger partial charge is 0.304 e. The molecule has 148 valence electrons. The Kier molecular flexibility index (Phi) is 7.31. The standard InChI is InChI=1S/C25H24FNO2/c26-24-8-4-7-23(17-24)19-27(16-15-25(28)29)18-22-13-11-21(12-14-22)10-9-20-5-2-1-3-6-20/h1-14,17H,15-16,18-19H2,(H,28,29)/b10-9+. The van der Waals surface area contributed by atoms with Crippen LogP contribution in [0.25, 0.3) is 12.2 Å². The highest BCUT2D eigenvalue weighted by Crippen LogP contribution is 2.14. The summed E-state index contributed by atoms with van der Waals surface area (Å²) in [5, 5.41) is 9.03. The van der Waals surface area contributed by atoms with Gasteiger partial charge < -0.3 is 5.11 Å². The third-order valence-electron chi connectivity index (χ3n) is 4.59. The quantitative estimate of drug-likeness (QED) is 0.493. The van der Waals surface area contributed by atoms with E-state index in [1.165, 1.54) is 12.1 Å². The number of rotatable bonds is 9. The molecule has 0 spiro atoms. The number of benzene rings is 3. The largest absolute Gasteiger partial charge is 0.481 e. The Hall–Kier alpha value is -3.24. The maximum absolute atomic E-state index is 13.5. The van der Waals surface area contributed by atoms with Gasteiger partial charge in [0.15, 0.2) is 0 Å². The predicted octanol–water partition coefficient (Wildman–Crippen LogP) is 5.47. The molecule has 3 aromatic rings. The molecule has 0 aromatic heterocycles. The first kappa shape index (κ1) is 20.5. The minimum atomic E-state index is -0.837. The van der Waals surface area contributed by atoms with Crippen LogP contribution in [-0.4, -0.2) is 22.5 Å². The zero-order chi connectivity index (χ0) is 20.5. The van der Waals surface area contributed by atoms with Crippen LogP contribution in [0, 0.1) is 5.82 Å². The van der Waals surface area contributed by atoms with Crippen LogP contribution in [0.3, 0.4) is 0 Å². The molecule has 4 heteroatoms. The second-order valence-corrected chi connectivity index (χ2v) is 6.97. The summed E-state index contributed by atoms with van der Waals surface area (Å²) >= 11 is 0. The molecule has 0 bridgehead atoms. The molecular weight excluding hydrogens is 365 g/mol. The molecule has 0 aliphatic carbocycles. The van der Waals surface area contributed by atoms with Gasteiger partial charge in [-0.1, -0.05) is 78.9 Å². The lowest BCUT2D eigenvalue weighted by Gasteiger charge is -2.22. The number of hydrogen-bond donors (Lipinski definition) is 1. The number of halogens is 1. The first-order valence-corrected chi connectivity index (χ1v) is 9.59. The van der Waals surface area contributed by atoms with Crippen LogP contribution >= 0.6 is 0 Å². The normalized spacial score (nSPS) is 11.2. The van der Waals surface area contributed by atoms with E-state index in [4.69, 9.17) is 5.11 Å². The number of carboxylic acid groups (broad SMARTS) is 1. The predicted molar refractivity (Wildman–Crippen MR) is 115 cm³/mol. The van der Waals surface area contributed by atoms with E-state index in [1.54, 1.807) is 6.07 Å². The van der Waals surface area contributed by atoms with Gasteiger partial charge in [0, 0.05) is 19.6 Å². The minimum absolute atomic E-state index is 0.0488. The highest BCUT2D eigenvalue weighted by Gasteiger charge is 2.10. The number of hydrogen-bond acceptors (Lipinski definition) is 2. The molecule has 0 fully saturated rings. The average Bonchev–Trinajstić information content (AvgIpc) is 2.72. The van der Waals surface area contributed by atoms with Gasteiger partial charge in [-0.2, -0.15) is 0 Å². The zero-order valence-corrected chi connectivity index (χ0v) is 16.2. The van der Waals surface area contributed by atoms with Crippen LogP contribution in [0.4, 0.5) is 4.39 Å². The lowest BCUT2D eigenvalue weighted by molar-refractivity contribution is -0.137. The minimum Gasteiger partial charge on any atom is -0.481 e. The lowest BCUT2D eigenvalue weighted by atomic mass is 10.1. The van der Waals surface area contributed by atoms with Crippen molar-refractivity contribution in [2.45, 2.75) is 19.5 Å². The Morgan fingerprint density at radius 2 is 1.48 bits per heavy atom. The van der Waals surface area contributed by atoms with Crippen molar-refractivity contribution in [1.82, 2.24) is 4.90 Å². The highest BCUT2D eigenvalue weighted by molar-refractivity contribution is 5.69. The van der Waals surface area contributed by atoms with E-state index in [1.807, 2.05) is 53.4 Å². The maximum Gasteiger partial charge on any atom is 0.304 e. The molecule has 29 heavy (non-hydrogen) atoms. The van der Waals surface area contributed by atoms with Crippen molar-refractivity contribution in [1.29, 1.82) is 0 Å². The Labute approximate surface area is 170 Å². The summed E-state index contributed by atoms with van der Waals surface area (Å²) in [5.74, 6) is -1.12. The van der Waals surface area contributed by atoms with E-state index in [0.29, 0.717) is 19.6 Å². The van der Waals surface area contributed by atoms with Crippen molar-refractivity contribution in [2.75, 3.05) is 6.54 Å². The fourth-order valence-corrected chi connectivity index (χ4v) is 3.11. The van der Waals surface area contributed by atoms with Crippen molar-refractivity contribution < 1.29 is 14.3 Å². The van der Waals surface area contributed by atoms with Crippen LogP contribution in [0.1, 0.15) is 28.7 Å². The van der Waals surface area contributed by atoms with Gasteiger partial charge in [-0.15, -0.1) is 0 Å². The number of nitrogens with zero attached hydrogens (tertiary/aromatic N) is 1.